The van der Waals surface area contributed by atoms with Crippen molar-refractivity contribution in [3.63, 3.8) is 0 Å². The summed E-state index contributed by atoms with van der Waals surface area (Å²) in [4.78, 5) is 26.7. The predicted molar refractivity (Wildman–Crippen MR) is 119 cm³/mol. The highest BCUT2D eigenvalue weighted by atomic mass is 16.3. The quantitative estimate of drug-likeness (QED) is 0.578. The van der Waals surface area contributed by atoms with Crippen molar-refractivity contribution < 1.29 is 9.21 Å². The van der Waals surface area contributed by atoms with Crippen LogP contribution < -0.4 is 16.1 Å². The first kappa shape index (κ1) is 18.7. The maximum Gasteiger partial charge on any atom is 0.198 e. The van der Waals surface area contributed by atoms with Gasteiger partial charge in [-0.25, -0.2) is 0 Å². The van der Waals surface area contributed by atoms with Crippen molar-refractivity contribution >= 4 is 28.1 Å². The van der Waals surface area contributed by atoms with Crippen molar-refractivity contribution in [2.45, 2.75) is 39.7 Å². The molecule has 0 saturated carbocycles. The molecule has 0 radical (unpaired) electrons. The first-order valence-electron chi connectivity index (χ1n) is 10.2. The molecule has 0 saturated heterocycles. The Morgan fingerprint density at radius 3 is 2.60 bits per heavy atom. The molecule has 5 nitrogen and oxygen atoms in total. The van der Waals surface area contributed by atoms with E-state index in [9.17, 15) is 9.59 Å². The van der Waals surface area contributed by atoms with Gasteiger partial charge in [0.2, 0.25) is 0 Å². The molecule has 0 spiro atoms. The summed E-state index contributed by atoms with van der Waals surface area (Å²) in [7, 11) is 0. The lowest BCUT2D eigenvalue weighted by molar-refractivity contribution is -0.118. The van der Waals surface area contributed by atoms with E-state index in [-0.39, 0.29) is 16.6 Å². The first-order chi connectivity index (χ1) is 14.3. The number of ketones is 1. The number of hydrogen-bond acceptors (Lipinski definition) is 5. The van der Waals surface area contributed by atoms with Crippen LogP contribution in [0.2, 0.25) is 0 Å². The van der Waals surface area contributed by atoms with Gasteiger partial charge >= 0.3 is 0 Å². The number of aryl methyl sites for hydroxylation is 1. The van der Waals surface area contributed by atoms with Crippen LogP contribution in [0.25, 0.3) is 11.0 Å². The zero-order valence-electron chi connectivity index (χ0n) is 17.3. The summed E-state index contributed by atoms with van der Waals surface area (Å²) in [5.74, 6) is 0.0581. The van der Waals surface area contributed by atoms with Crippen LogP contribution in [0, 0.1) is 12.3 Å². The summed E-state index contributed by atoms with van der Waals surface area (Å²) in [6.45, 7) is 6.15. The normalized spacial score (nSPS) is 20.1. The molecule has 1 aliphatic heterocycles. The fraction of sp³-hybridized carbons (Fsp3) is 0.280. The molecule has 1 atom stereocenters. The number of Topliss-reactive ketones (excluding diaryl/α,β-unsaturated/α-hetero) is 1. The Kier molecular flexibility index (Phi) is 4.10. The lowest BCUT2D eigenvalue weighted by Crippen LogP contribution is -2.33. The van der Waals surface area contributed by atoms with E-state index in [0.717, 1.165) is 29.1 Å². The topological polar surface area (TPSA) is 71.3 Å². The number of carbonyl (C=O) groups excluding carboxylic acids is 1. The number of allylic oxidation sites excluding steroid dienone is 1. The van der Waals surface area contributed by atoms with Crippen molar-refractivity contribution in [3.8, 4) is 0 Å². The highest BCUT2D eigenvalue weighted by Gasteiger charge is 2.39. The van der Waals surface area contributed by atoms with Crippen molar-refractivity contribution in [1.29, 1.82) is 0 Å². The van der Waals surface area contributed by atoms with E-state index in [1.807, 2.05) is 49.4 Å². The van der Waals surface area contributed by atoms with Gasteiger partial charge in [-0.1, -0.05) is 37.6 Å². The summed E-state index contributed by atoms with van der Waals surface area (Å²) >= 11 is 0. The Morgan fingerprint density at radius 1 is 1.03 bits per heavy atom. The molecule has 1 aliphatic carbocycles. The summed E-state index contributed by atoms with van der Waals surface area (Å²) < 4.78 is 5.82. The van der Waals surface area contributed by atoms with Gasteiger partial charge in [-0.2, -0.15) is 0 Å². The number of rotatable bonds is 1. The van der Waals surface area contributed by atoms with Crippen LogP contribution in [0.1, 0.15) is 43.9 Å². The van der Waals surface area contributed by atoms with Crippen LogP contribution in [-0.2, 0) is 4.79 Å². The maximum atomic E-state index is 13.5. The van der Waals surface area contributed by atoms with E-state index in [1.54, 1.807) is 0 Å². The minimum Gasteiger partial charge on any atom is -0.464 e. The van der Waals surface area contributed by atoms with Gasteiger partial charge in [0, 0.05) is 17.7 Å². The van der Waals surface area contributed by atoms with Gasteiger partial charge in [0.1, 0.15) is 11.8 Å². The molecule has 2 heterocycles. The second kappa shape index (κ2) is 6.59. The number of hydrogen-bond donors (Lipinski definition) is 2. The van der Waals surface area contributed by atoms with Gasteiger partial charge in [0.25, 0.3) is 0 Å². The lowest BCUT2D eigenvalue weighted by Gasteiger charge is -2.33. The van der Waals surface area contributed by atoms with E-state index in [4.69, 9.17) is 4.42 Å². The molecule has 2 N–H and O–H groups in total. The smallest absolute Gasteiger partial charge is 0.198 e. The van der Waals surface area contributed by atoms with Crippen molar-refractivity contribution in [3.05, 3.63) is 81.3 Å². The third-order valence-corrected chi connectivity index (χ3v) is 5.99. The average Bonchev–Trinajstić information content (AvgIpc) is 2.84. The Hall–Kier alpha value is -3.34. The largest absolute Gasteiger partial charge is 0.464 e. The van der Waals surface area contributed by atoms with Gasteiger partial charge in [-0.05, 0) is 43.0 Å². The standard InChI is InChI=1S/C25H24N2O3/c1-14-8-9-21-15(10-14)24(29)16(13-30-21)23-22-19(11-25(2,3)12-20(22)28)26-17-6-4-5-7-18(17)27-23/h4-10,13,23,26-27H,11-12H2,1-3H3. The lowest BCUT2D eigenvalue weighted by atomic mass is 9.73. The molecule has 1 aromatic heterocycles. The molecule has 2 aromatic carbocycles. The van der Waals surface area contributed by atoms with E-state index in [0.29, 0.717) is 28.5 Å². The number of carbonyl (C=O) groups is 1. The summed E-state index contributed by atoms with van der Waals surface area (Å²) in [5.41, 5.74) is 5.00. The zero-order valence-corrected chi connectivity index (χ0v) is 17.3. The first-order valence-corrected chi connectivity index (χ1v) is 10.2. The molecule has 3 aromatic rings. The van der Waals surface area contributed by atoms with Crippen molar-refractivity contribution in [2.24, 2.45) is 5.41 Å². The number of nitrogens with one attached hydrogen (secondary N) is 2. The Labute approximate surface area is 174 Å². The molecule has 0 fully saturated rings. The van der Waals surface area contributed by atoms with Gasteiger partial charge in [-0.3, -0.25) is 9.59 Å². The number of anilines is 2. The van der Waals surface area contributed by atoms with Crippen LogP contribution >= 0.6 is 0 Å². The molecule has 30 heavy (non-hydrogen) atoms. The minimum atomic E-state index is -0.569. The molecule has 0 amide bonds. The number of fused-ring (bicyclic) bond motifs is 2. The third-order valence-electron chi connectivity index (χ3n) is 5.99. The molecular weight excluding hydrogens is 376 g/mol. The second-order valence-corrected chi connectivity index (χ2v) is 9.10. The Bertz CT molecular complexity index is 1280. The number of benzene rings is 2. The SMILES string of the molecule is Cc1ccc2occ(C3Nc4ccccc4NC4=C3C(=O)CC(C)(C)C4)c(=O)c2c1. The van der Waals surface area contributed by atoms with E-state index < -0.39 is 6.04 Å². The third kappa shape index (κ3) is 3.02. The van der Waals surface area contributed by atoms with Crippen LogP contribution in [0.4, 0.5) is 11.4 Å². The summed E-state index contributed by atoms with van der Waals surface area (Å²) in [6.07, 6.45) is 2.68. The molecule has 152 valence electrons. The van der Waals surface area contributed by atoms with Crippen LogP contribution in [-0.4, -0.2) is 5.78 Å². The van der Waals surface area contributed by atoms with Crippen LogP contribution in [0.3, 0.4) is 0 Å². The molecule has 1 unspecified atom stereocenters. The molecule has 0 bridgehead atoms. The average molecular weight is 400 g/mol. The fourth-order valence-electron chi connectivity index (χ4n) is 4.58. The zero-order chi connectivity index (χ0) is 21.0. The highest BCUT2D eigenvalue weighted by molar-refractivity contribution is 6.01. The molecule has 2 aliphatic rings. The Balaban J connectivity index is 1.75. The van der Waals surface area contributed by atoms with Crippen LogP contribution in [0.5, 0.6) is 0 Å². The predicted octanol–water partition coefficient (Wildman–Crippen LogP) is 5.32. The fourth-order valence-corrected chi connectivity index (χ4v) is 4.58. The molecule has 5 rings (SSSR count). The maximum absolute atomic E-state index is 13.5. The monoisotopic (exact) mass is 400 g/mol. The van der Waals surface area contributed by atoms with E-state index in [1.165, 1.54) is 6.26 Å². The van der Waals surface area contributed by atoms with E-state index >= 15 is 0 Å². The molecular formula is C25H24N2O3. The van der Waals surface area contributed by atoms with Gasteiger partial charge in [0.15, 0.2) is 11.2 Å². The number of para-hydroxylation sites is 2. The minimum absolute atomic E-state index is 0.0581. The van der Waals surface area contributed by atoms with Gasteiger partial charge in [0.05, 0.1) is 28.4 Å². The molecule has 5 heteroatoms. The Morgan fingerprint density at radius 2 is 1.80 bits per heavy atom. The summed E-state index contributed by atoms with van der Waals surface area (Å²) in [6, 6.07) is 12.8. The summed E-state index contributed by atoms with van der Waals surface area (Å²) in [5, 5.41) is 7.46. The highest BCUT2D eigenvalue weighted by Crippen LogP contribution is 2.45. The van der Waals surface area contributed by atoms with Crippen molar-refractivity contribution in [2.75, 3.05) is 10.6 Å². The van der Waals surface area contributed by atoms with Crippen LogP contribution in [0.15, 0.2) is 69.2 Å². The van der Waals surface area contributed by atoms with E-state index in [2.05, 4.69) is 24.5 Å². The van der Waals surface area contributed by atoms with Gasteiger partial charge < -0.3 is 15.1 Å². The van der Waals surface area contributed by atoms with Crippen molar-refractivity contribution in [1.82, 2.24) is 0 Å². The second-order valence-electron chi connectivity index (χ2n) is 9.10. The van der Waals surface area contributed by atoms with Gasteiger partial charge in [-0.15, -0.1) is 0 Å².